The van der Waals surface area contributed by atoms with E-state index in [4.69, 9.17) is 15.2 Å². The Balaban J connectivity index is 3.02. The van der Waals surface area contributed by atoms with Gasteiger partial charge in [-0.3, -0.25) is 0 Å². The van der Waals surface area contributed by atoms with Crippen molar-refractivity contribution in [2.24, 2.45) is 5.73 Å². The number of halogens is 3. The van der Waals surface area contributed by atoms with Crippen molar-refractivity contribution < 1.29 is 22.6 Å². The lowest BCUT2D eigenvalue weighted by atomic mass is 10.0. The highest BCUT2D eigenvalue weighted by Crippen LogP contribution is 2.37. The van der Waals surface area contributed by atoms with Crippen molar-refractivity contribution in [1.29, 1.82) is 0 Å². The molecule has 1 unspecified atom stereocenters. The number of benzene rings is 1. The van der Waals surface area contributed by atoms with Crippen molar-refractivity contribution in [3.8, 4) is 5.75 Å². The monoisotopic (exact) mass is 263 g/mol. The van der Waals surface area contributed by atoms with Gasteiger partial charge in [0.05, 0.1) is 12.2 Å². The van der Waals surface area contributed by atoms with Gasteiger partial charge >= 0.3 is 6.18 Å². The zero-order valence-corrected chi connectivity index (χ0v) is 10.3. The molecule has 1 aromatic rings. The van der Waals surface area contributed by atoms with Crippen molar-refractivity contribution in [3.05, 3.63) is 29.3 Å². The Morgan fingerprint density at radius 2 is 1.94 bits per heavy atom. The van der Waals surface area contributed by atoms with Crippen LogP contribution >= 0.6 is 0 Å². The Hall–Kier alpha value is -1.27. The summed E-state index contributed by atoms with van der Waals surface area (Å²) < 4.78 is 48.3. The normalized spacial score (nSPS) is 13.4. The van der Waals surface area contributed by atoms with E-state index in [0.29, 0.717) is 5.56 Å². The minimum absolute atomic E-state index is 0.0666. The zero-order valence-electron chi connectivity index (χ0n) is 10.3. The first-order valence-electron chi connectivity index (χ1n) is 5.44. The van der Waals surface area contributed by atoms with Crippen molar-refractivity contribution >= 4 is 0 Å². The third-order valence-corrected chi connectivity index (χ3v) is 2.38. The lowest BCUT2D eigenvalue weighted by Gasteiger charge is -2.16. The first kappa shape index (κ1) is 14.8. The summed E-state index contributed by atoms with van der Waals surface area (Å²) in [5.41, 5.74) is 5.18. The second kappa shape index (κ2) is 6.06. The summed E-state index contributed by atoms with van der Waals surface area (Å²) in [5, 5.41) is 0. The molecular formula is C12H16F3NO2. The largest absolute Gasteiger partial charge is 0.491 e. The summed E-state index contributed by atoms with van der Waals surface area (Å²) in [7, 11) is 1.45. The van der Waals surface area contributed by atoms with Crippen LogP contribution in [0.5, 0.6) is 5.75 Å². The Morgan fingerprint density at radius 3 is 2.44 bits per heavy atom. The molecule has 0 amide bonds. The fourth-order valence-corrected chi connectivity index (χ4v) is 1.41. The molecule has 2 N–H and O–H groups in total. The number of hydrogen-bond acceptors (Lipinski definition) is 3. The quantitative estimate of drug-likeness (QED) is 0.831. The Bertz CT molecular complexity index is 391. The molecule has 0 bridgehead atoms. The van der Waals surface area contributed by atoms with Gasteiger partial charge in [-0.05, 0) is 24.6 Å². The second-order valence-corrected chi connectivity index (χ2v) is 3.88. The standard InChI is InChI=1S/C12H16F3NO2/c1-8(16)9-3-4-11(18-6-5-17-2)10(7-9)12(13,14)15/h3-4,7-8H,5-6,16H2,1-2H3. The summed E-state index contributed by atoms with van der Waals surface area (Å²) in [6.45, 7) is 1.92. The van der Waals surface area contributed by atoms with Crippen molar-refractivity contribution in [1.82, 2.24) is 0 Å². The summed E-state index contributed by atoms with van der Waals surface area (Å²) in [5.74, 6) is -0.205. The molecule has 102 valence electrons. The molecule has 0 aromatic heterocycles. The number of methoxy groups -OCH3 is 1. The van der Waals surface area contributed by atoms with Gasteiger partial charge in [-0.15, -0.1) is 0 Å². The molecule has 0 saturated carbocycles. The lowest BCUT2D eigenvalue weighted by Crippen LogP contribution is -2.13. The van der Waals surface area contributed by atoms with Crippen LogP contribution in [0.15, 0.2) is 18.2 Å². The van der Waals surface area contributed by atoms with Gasteiger partial charge in [0.25, 0.3) is 0 Å². The zero-order chi connectivity index (χ0) is 13.8. The molecule has 0 saturated heterocycles. The fourth-order valence-electron chi connectivity index (χ4n) is 1.41. The van der Waals surface area contributed by atoms with Gasteiger partial charge in [0.15, 0.2) is 0 Å². The highest BCUT2D eigenvalue weighted by molar-refractivity contribution is 5.40. The van der Waals surface area contributed by atoms with E-state index in [0.717, 1.165) is 6.07 Å². The Labute approximate surface area is 104 Å². The van der Waals surface area contributed by atoms with Crippen molar-refractivity contribution in [2.75, 3.05) is 20.3 Å². The number of hydrogen-bond donors (Lipinski definition) is 1. The summed E-state index contributed by atoms with van der Waals surface area (Å²) in [6.07, 6.45) is -4.46. The predicted molar refractivity (Wildman–Crippen MR) is 61.4 cm³/mol. The minimum Gasteiger partial charge on any atom is -0.491 e. The first-order valence-corrected chi connectivity index (χ1v) is 5.44. The van der Waals surface area contributed by atoms with Crippen LogP contribution in [0.4, 0.5) is 13.2 Å². The summed E-state index contributed by atoms with van der Waals surface area (Å²) in [4.78, 5) is 0. The third kappa shape index (κ3) is 3.89. The van der Waals surface area contributed by atoms with Crippen LogP contribution in [0.3, 0.4) is 0 Å². The topological polar surface area (TPSA) is 44.5 Å². The van der Waals surface area contributed by atoms with Gasteiger partial charge in [0, 0.05) is 13.2 Å². The van der Waals surface area contributed by atoms with Crippen LogP contribution in [0.1, 0.15) is 24.1 Å². The molecule has 0 spiro atoms. The van der Waals surface area contributed by atoms with Gasteiger partial charge in [0.2, 0.25) is 0 Å². The molecule has 0 radical (unpaired) electrons. The van der Waals surface area contributed by atoms with E-state index >= 15 is 0 Å². The lowest BCUT2D eigenvalue weighted by molar-refractivity contribution is -0.139. The molecule has 1 aromatic carbocycles. The number of nitrogens with two attached hydrogens (primary N) is 1. The highest BCUT2D eigenvalue weighted by Gasteiger charge is 2.34. The van der Waals surface area contributed by atoms with Gasteiger partial charge in [-0.1, -0.05) is 6.07 Å². The number of rotatable bonds is 5. The Morgan fingerprint density at radius 1 is 1.28 bits per heavy atom. The molecule has 18 heavy (non-hydrogen) atoms. The molecule has 0 aliphatic carbocycles. The molecule has 0 heterocycles. The number of ether oxygens (including phenoxy) is 2. The number of alkyl halides is 3. The van der Waals surface area contributed by atoms with Crippen LogP contribution in [0, 0.1) is 0 Å². The molecule has 0 aliphatic heterocycles. The maximum absolute atomic E-state index is 12.8. The molecule has 6 heteroatoms. The van der Waals surface area contributed by atoms with Crippen LogP contribution in [0.25, 0.3) is 0 Å². The third-order valence-electron chi connectivity index (χ3n) is 2.38. The SMILES string of the molecule is COCCOc1ccc(C(C)N)cc1C(F)(F)F. The van der Waals surface area contributed by atoms with Gasteiger partial charge in [-0.25, -0.2) is 0 Å². The highest BCUT2D eigenvalue weighted by atomic mass is 19.4. The van der Waals surface area contributed by atoms with Crippen molar-refractivity contribution in [3.63, 3.8) is 0 Å². The van der Waals surface area contributed by atoms with E-state index in [2.05, 4.69) is 0 Å². The minimum atomic E-state index is -4.46. The van der Waals surface area contributed by atoms with E-state index in [1.54, 1.807) is 6.92 Å². The van der Waals surface area contributed by atoms with Gasteiger partial charge in [-0.2, -0.15) is 13.2 Å². The van der Waals surface area contributed by atoms with E-state index in [1.807, 2.05) is 0 Å². The van der Waals surface area contributed by atoms with E-state index < -0.39 is 17.8 Å². The molecule has 1 rings (SSSR count). The Kier molecular flexibility index (Phi) is 4.98. The maximum Gasteiger partial charge on any atom is 0.419 e. The smallest absolute Gasteiger partial charge is 0.419 e. The van der Waals surface area contributed by atoms with Gasteiger partial charge in [0.1, 0.15) is 12.4 Å². The van der Waals surface area contributed by atoms with E-state index in [9.17, 15) is 13.2 Å². The molecular weight excluding hydrogens is 247 g/mol. The summed E-state index contributed by atoms with van der Waals surface area (Å²) in [6, 6.07) is 3.38. The molecule has 1 atom stereocenters. The van der Waals surface area contributed by atoms with E-state index in [-0.39, 0.29) is 19.0 Å². The fraction of sp³-hybridized carbons (Fsp3) is 0.500. The van der Waals surface area contributed by atoms with Crippen LogP contribution < -0.4 is 10.5 Å². The summed E-state index contributed by atoms with van der Waals surface area (Å²) >= 11 is 0. The molecule has 3 nitrogen and oxygen atoms in total. The van der Waals surface area contributed by atoms with Gasteiger partial charge < -0.3 is 15.2 Å². The predicted octanol–water partition coefficient (Wildman–Crippen LogP) is 2.75. The van der Waals surface area contributed by atoms with Crippen LogP contribution in [0.2, 0.25) is 0 Å². The van der Waals surface area contributed by atoms with Crippen LogP contribution in [-0.2, 0) is 10.9 Å². The second-order valence-electron chi connectivity index (χ2n) is 3.88. The van der Waals surface area contributed by atoms with Crippen LogP contribution in [-0.4, -0.2) is 20.3 Å². The first-order chi connectivity index (χ1) is 8.36. The average Bonchev–Trinajstić information content (AvgIpc) is 2.28. The maximum atomic E-state index is 12.8. The van der Waals surface area contributed by atoms with E-state index in [1.165, 1.54) is 19.2 Å². The van der Waals surface area contributed by atoms with Crippen molar-refractivity contribution in [2.45, 2.75) is 19.1 Å². The molecule has 0 aliphatic rings. The average molecular weight is 263 g/mol. The molecule has 0 fully saturated rings.